The van der Waals surface area contributed by atoms with Crippen molar-refractivity contribution < 1.29 is 4.79 Å². The molecule has 2 atom stereocenters. The van der Waals surface area contributed by atoms with Crippen molar-refractivity contribution in [2.45, 2.75) is 31.7 Å². The van der Waals surface area contributed by atoms with Crippen molar-refractivity contribution in [1.82, 2.24) is 0 Å². The van der Waals surface area contributed by atoms with E-state index < -0.39 is 0 Å². The van der Waals surface area contributed by atoms with Gasteiger partial charge in [-0.2, -0.15) is 0 Å². The first-order valence-electron chi connectivity index (χ1n) is 10.3. The fraction of sp³-hybridized carbons (Fsp3) is 0.192. The number of nitrogens with one attached hydrogen (secondary N) is 2. The van der Waals surface area contributed by atoms with Gasteiger partial charge in [-0.05, 0) is 48.6 Å². The number of anilines is 2. The minimum absolute atomic E-state index is 0.166. The molecule has 150 valence electrons. The van der Waals surface area contributed by atoms with E-state index in [4.69, 9.17) is 11.6 Å². The van der Waals surface area contributed by atoms with Gasteiger partial charge >= 0.3 is 0 Å². The molecule has 1 heterocycles. The van der Waals surface area contributed by atoms with E-state index in [2.05, 4.69) is 41.8 Å². The van der Waals surface area contributed by atoms with E-state index >= 15 is 0 Å². The van der Waals surface area contributed by atoms with E-state index in [0.29, 0.717) is 11.4 Å². The number of ketones is 1. The van der Waals surface area contributed by atoms with Crippen molar-refractivity contribution in [1.29, 1.82) is 0 Å². The van der Waals surface area contributed by atoms with Crippen molar-refractivity contribution in [2.75, 3.05) is 10.6 Å². The third-order valence-corrected chi connectivity index (χ3v) is 6.42. The van der Waals surface area contributed by atoms with Gasteiger partial charge in [0.2, 0.25) is 0 Å². The summed E-state index contributed by atoms with van der Waals surface area (Å²) >= 11 is 6.56. The van der Waals surface area contributed by atoms with E-state index in [0.717, 1.165) is 34.6 Å². The fourth-order valence-corrected chi connectivity index (χ4v) is 4.75. The highest BCUT2D eigenvalue weighted by atomic mass is 35.5. The van der Waals surface area contributed by atoms with Gasteiger partial charge in [0.25, 0.3) is 0 Å². The van der Waals surface area contributed by atoms with Gasteiger partial charge in [-0.25, -0.2) is 0 Å². The number of allylic oxidation sites excluding steroid dienone is 1. The van der Waals surface area contributed by atoms with Gasteiger partial charge in [-0.3, -0.25) is 4.79 Å². The number of carbonyl (C=O) groups excluding carboxylic acids is 1. The Morgan fingerprint density at radius 2 is 1.57 bits per heavy atom. The zero-order chi connectivity index (χ0) is 20.7. The van der Waals surface area contributed by atoms with Crippen LogP contribution in [0.1, 0.15) is 41.5 Å². The molecule has 0 saturated carbocycles. The van der Waals surface area contributed by atoms with Crippen molar-refractivity contribution in [3.05, 3.63) is 106 Å². The molecule has 5 rings (SSSR count). The highest BCUT2D eigenvalue weighted by Crippen LogP contribution is 2.45. The second-order valence-corrected chi connectivity index (χ2v) is 8.51. The maximum Gasteiger partial charge on any atom is 0.163 e. The van der Waals surface area contributed by atoms with Crippen LogP contribution in [0.2, 0.25) is 5.02 Å². The van der Waals surface area contributed by atoms with Gasteiger partial charge in [0.1, 0.15) is 0 Å². The molecule has 0 bridgehead atoms. The van der Waals surface area contributed by atoms with Gasteiger partial charge in [0.15, 0.2) is 5.78 Å². The average Bonchev–Trinajstić information content (AvgIpc) is 2.91. The molecular weight excluding hydrogens is 392 g/mol. The number of aryl methyl sites for hydroxylation is 1. The summed E-state index contributed by atoms with van der Waals surface area (Å²) in [4.78, 5) is 13.5. The molecule has 1 aliphatic heterocycles. The van der Waals surface area contributed by atoms with Gasteiger partial charge in [-0.15, -0.1) is 0 Å². The molecule has 0 aromatic heterocycles. The number of hydrogen-bond donors (Lipinski definition) is 2. The van der Waals surface area contributed by atoms with Crippen LogP contribution in [0.3, 0.4) is 0 Å². The van der Waals surface area contributed by atoms with Crippen LogP contribution in [-0.2, 0) is 4.79 Å². The molecule has 0 fully saturated rings. The second-order valence-electron chi connectivity index (χ2n) is 8.10. The highest BCUT2D eigenvalue weighted by Gasteiger charge is 2.36. The quantitative estimate of drug-likeness (QED) is 0.494. The van der Waals surface area contributed by atoms with Crippen molar-refractivity contribution in [3.8, 4) is 0 Å². The largest absolute Gasteiger partial charge is 0.372 e. The zero-order valence-corrected chi connectivity index (χ0v) is 17.5. The van der Waals surface area contributed by atoms with Crippen molar-refractivity contribution >= 4 is 28.8 Å². The van der Waals surface area contributed by atoms with Crippen LogP contribution in [0.25, 0.3) is 0 Å². The molecule has 0 amide bonds. The van der Waals surface area contributed by atoms with E-state index in [1.54, 1.807) is 0 Å². The second kappa shape index (κ2) is 7.66. The Hall–Kier alpha value is -3.04. The number of benzene rings is 3. The third-order valence-electron chi connectivity index (χ3n) is 6.07. The summed E-state index contributed by atoms with van der Waals surface area (Å²) in [6.07, 6.45) is 1.30. The minimum Gasteiger partial charge on any atom is -0.372 e. The van der Waals surface area contributed by atoms with Crippen LogP contribution < -0.4 is 10.6 Å². The molecule has 1 aliphatic carbocycles. The molecule has 0 spiro atoms. The van der Waals surface area contributed by atoms with E-state index in [1.807, 2.05) is 48.5 Å². The molecule has 2 aliphatic rings. The molecule has 0 saturated heterocycles. The SMILES string of the molecule is Cc1ccc([C@H]2CC(=O)C3=C(C2)Nc2ccccc2N[C@H]3c2ccccc2Cl)cc1. The summed E-state index contributed by atoms with van der Waals surface area (Å²) < 4.78 is 0. The van der Waals surface area contributed by atoms with Crippen LogP contribution in [0.4, 0.5) is 11.4 Å². The maximum absolute atomic E-state index is 13.5. The summed E-state index contributed by atoms with van der Waals surface area (Å²) in [5.41, 5.74) is 7.09. The van der Waals surface area contributed by atoms with Gasteiger partial charge in [-0.1, -0.05) is 71.8 Å². The molecule has 0 unspecified atom stereocenters. The molecule has 2 N–H and O–H groups in total. The average molecular weight is 415 g/mol. The number of hydrogen-bond acceptors (Lipinski definition) is 3. The molecule has 30 heavy (non-hydrogen) atoms. The predicted molar refractivity (Wildman–Crippen MR) is 123 cm³/mol. The van der Waals surface area contributed by atoms with E-state index in [1.165, 1.54) is 11.1 Å². The lowest BCUT2D eigenvalue weighted by atomic mass is 9.78. The first-order valence-corrected chi connectivity index (χ1v) is 10.7. The topological polar surface area (TPSA) is 41.1 Å². The maximum atomic E-state index is 13.5. The Kier molecular flexibility index (Phi) is 4.84. The summed E-state index contributed by atoms with van der Waals surface area (Å²) in [6.45, 7) is 2.08. The van der Waals surface area contributed by atoms with Crippen LogP contribution in [0, 0.1) is 6.92 Å². The Morgan fingerprint density at radius 1 is 0.867 bits per heavy atom. The van der Waals surface area contributed by atoms with Crippen LogP contribution in [-0.4, -0.2) is 5.78 Å². The predicted octanol–water partition coefficient (Wildman–Crippen LogP) is 6.63. The molecule has 3 nitrogen and oxygen atoms in total. The number of Topliss-reactive ketones (excluding diaryl/α,β-unsaturated/α-hetero) is 1. The number of carbonyl (C=O) groups is 1. The standard InChI is InChI=1S/C26H23ClN2O/c1-16-10-12-17(13-11-16)18-14-23-25(24(30)15-18)26(19-6-2-3-7-20(19)27)29-22-9-5-4-8-21(22)28-23/h2-13,18,26,28-29H,14-15H2,1H3/t18-,26+/m1/s1. The normalized spacial score (nSPS) is 20.5. The lowest BCUT2D eigenvalue weighted by Crippen LogP contribution is -2.27. The number of fused-ring (bicyclic) bond motifs is 1. The zero-order valence-electron chi connectivity index (χ0n) is 16.8. The lowest BCUT2D eigenvalue weighted by Gasteiger charge is -2.30. The van der Waals surface area contributed by atoms with Crippen LogP contribution in [0.15, 0.2) is 84.1 Å². The highest BCUT2D eigenvalue weighted by molar-refractivity contribution is 6.31. The summed E-state index contributed by atoms with van der Waals surface area (Å²) in [6, 6.07) is 24.1. The fourth-order valence-electron chi connectivity index (χ4n) is 4.51. The Balaban J connectivity index is 1.62. The van der Waals surface area contributed by atoms with Gasteiger partial charge in [0, 0.05) is 22.7 Å². The number of para-hydroxylation sites is 2. The molecule has 4 heteroatoms. The first kappa shape index (κ1) is 19.0. The molecule has 0 radical (unpaired) electrons. The number of halogens is 1. The van der Waals surface area contributed by atoms with Crippen LogP contribution >= 0.6 is 11.6 Å². The van der Waals surface area contributed by atoms with E-state index in [9.17, 15) is 4.79 Å². The summed E-state index contributed by atoms with van der Waals surface area (Å²) in [5, 5.41) is 7.82. The molecular formula is C26H23ClN2O. The van der Waals surface area contributed by atoms with E-state index in [-0.39, 0.29) is 17.7 Å². The first-order chi connectivity index (χ1) is 14.6. The third kappa shape index (κ3) is 3.40. The lowest BCUT2D eigenvalue weighted by molar-refractivity contribution is -0.116. The monoisotopic (exact) mass is 414 g/mol. The minimum atomic E-state index is -0.281. The Labute approximate surface area is 181 Å². The van der Waals surface area contributed by atoms with Gasteiger partial charge < -0.3 is 10.6 Å². The Bertz CT molecular complexity index is 1150. The Morgan fingerprint density at radius 3 is 2.33 bits per heavy atom. The van der Waals surface area contributed by atoms with Crippen LogP contribution in [0.5, 0.6) is 0 Å². The van der Waals surface area contributed by atoms with Crippen molar-refractivity contribution in [2.24, 2.45) is 0 Å². The molecule has 3 aromatic rings. The smallest absolute Gasteiger partial charge is 0.163 e. The number of rotatable bonds is 2. The van der Waals surface area contributed by atoms with Crippen molar-refractivity contribution in [3.63, 3.8) is 0 Å². The summed E-state index contributed by atoms with van der Waals surface area (Å²) in [5.74, 6) is 0.334. The summed E-state index contributed by atoms with van der Waals surface area (Å²) in [7, 11) is 0. The molecule has 3 aromatic carbocycles. The van der Waals surface area contributed by atoms with Gasteiger partial charge in [0.05, 0.1) is 17.4 Å².